The minimum absolute atomic E-state index is 0.00972. The highest BCUT2D eigenvalue weighted by atomic mass is 16.7. The lowest BCUT2D eigenvalue weighted by atomic mass is 10.00. The lowest BCUT2D eigenvalue weighted by molar-refractivity contribution is -0.198. The topological polar surface area (TPSA) is 121 Å². The van der Waals surface area contributed by atoms with E-state index < -0.39 is 24.7 Å². The van der Waals surface area contributed by atoms with Gasteiger partial charge in [0.2, 0.25) is 5.91 Å². The number of nitrogens with zero attached hydrogens (tertiary/aromatic N) is 3. The van der Waals surface area contributed by atoms with E-state index in [9.17, 15) is 14.4 Å². The first kappa shape index (κ1) is 31.4. The zero-order valence-corrected chi connectivity index (χ0v) is 25.5. The zero-order chi connectivity index (χ0) is 31.1. The van der Waals surface area contributed by atoms with Crippen LogP contribution in [0.25, 0.3) is 0 Å². The molecule has 0 spiro atoms. The molecule has 1 aromatic carbocycles. The van der Waals surface area contributed by atoms with Gasteiger partial charge in [-0.1, -0.05) is 12.7 Å². The van der Waals surface area contributed by atoms with E-state index in [2.05, 4.69) is 11.9 Å². The molecule has 3 atom stereocenters. The molecule has 4 heterocycles. The number of piperidine rings is 1. The molecule has 44 heavy (non-hydrogen) atoms. The maximum atomic E-state index is 14.1. The second-order valence-electron chi connectivity index (χ2n) is 11.2. The number of nitrogens with one attached hydrogen (secondary N) is 1. The first-order chi connectivity index (χ1) is 21.4. The standard InChI is InChI=1S/C32H42N4O8/c1-4-16-43-32(39)36-25-20-27(41-18-9-11-28(37)33-22-13-15-34(2)21-22)26(40-3)19-23(25)30(38)35-14-7-5-10-24(35)31(36)44-29-12-6-8-17-42-29/h4,13,15,19-21,24,29,31H,1,5-12,14,16-18H2,2-3H3,(H,33,37)/t24-,29?,31?/m0/s1. The van der Waals surface area contributed by atoms with Crippen LogP contribution in [0.1, 0.15) is 61.7 Å². The largest absolute Gasteiger partial charge is 0.493 e. The lowest BCUT2D eigenvalue weighted by Gasteiger charge is -2.42. The number of amides is 3. The number of hydrogen-bond donors (Lipinski definition) is 1. The number of rotatable bonds is 11. The van der Waals surface area contributed by atoms with Gasteiger partial charge in [-0.2, -0.15) is 0 Å². The molecular formula is C32H42N4O8. The molecule has 5 rings (SSSR count). The first-order valence-corrected chi connectivity index (χ1v) is 15.3. The van der Waals surface area contributed by atoms with E-state index in [1.165, 1.54) is 18.1 Å². The molecule has 12 nitrogen and oxygen atoms in total. The van der Waals surface area contributed by atoms with Crippen LogP contribution < -0.4 is 19.7 Å². The number of aromatic nitrogens is 1. The highest BCUT2D eigenvalue weighted by Gasteiger charge is 2.46. The van der Waals surface area contributed by atoms with Gasteiger partial charge in [-0.15, -0.1) is 0 Å². The fourth-order valence-corrected chi connectivity index (χ4v) is 5.91. The predicted molar refractivity (Wildman–Crippen MR) is 163 cm³/mol. The van der Waals surface area contributed by atoms with Gasteiger partial charge in [0.05, 0.1) is 36.7 Å². The number of anilines is 2. The fraction of sp³-hybridized carbons (Fsp3) is 0.531. The molecule has 0 aliphatic carbocycles. The van der Waals surface area contributed by atoms with E-state index >= 15 is 0 Å². The third-order valence-corrected chi connectivity index (χ3v) is 8.04. The molecule has 1 N–H and O–H groups in total. The van der Waals surface area contributed by atoms with Crippen molar-refractivity contribution in [3.8, 4) is 11.5 Å². The van der Waals surface area contributed by atoms with Crippen molar-refractivity contribution < 1.29 is 38.1 Å². The Hall–Kier alpha value is -4.03. The first-order valence-electron chi connectivity index (χ1n) is 15.3. The molecule has 238 valence electrons. The Bertz CT molecular complexity index is 1340. The summed E-state index contributed by atoms with van der Waals surface area (Å²) in [5.41, 5.74) is 1.32. The normalized spacial score (nSPS) is 21.5. The van der Waals surface area contributed by atoms with E-state index in [4.69, 9.17) is 23.7 Å². The Kier molecular flexibility index (Phi) is 10.4. The smallest absolute Gasteiger partial charge is 0.416 e. The number of carbonyl (C=O) groups excluding carboxylic acids is 3. The molecule has 12 heteroatoms. The maximum Gasteiger partial charge on any atom is 0.416 e. The summed E-state index contributed by atoms with van der Waals surface area (Å²) in [6.07, 6.45) is 8.81. The second-order valence-corrected chi connectivity index (χ2v) is 11.2. The number of ether oxygens (including phenoxy) is 5. The summed E-state index contributed by atoms with van der Waals surface area (Å²) in [4.78, 5) is 43.4. The summed E-state index contributed by atoms with van der Waals surface area (Å²) in [6.45, 7) is 4.97. The molecule has 0 saturated carbocycles. The quantitative estimate of drug-likeness (QED) is 0.284. The summed E-state index contributed by atoms with van der Waals surface area (Å²) in [7, 11) is 3.38. The van der Waals surface area contributed by atoms with Gasteiger partial charge in [-0.05, 0) is 57.1 Å². The van der Waals surface area contributed by atoms with E-state index in [0.29, 0.717) is 49.6 Å². The molecule has 2 saturated heterocycles. The van der Waals surface area contributed by atoms with Crippen molar-refractivity contribution >= 4 is 29.3 Å². The van der Waals surface area contributed by atoms with Gasteiger partial charge in [0, 0.05) is 45.1 Å². The molecule has 1 aromatic heterocycles. The third-order valence-electron chi connectivity index (χ3n) is 8.04. The van der Waals surface area contributed by atoms with Crippen molar-refractivity contribution in [3.63, 3.8) is 0 Å². The van der Waals surface area contributed by atoms with Gasteiger partial charge in [-0.25, -0.2) is 9.69 Å². The minimum atomic E-state index is -0.844. The third kappa shape index (κ3) is 7.19. The molecule has 3 amide bonds. The van der Waals surface area contributed by atoms with E-state index in [-0.39, 0.29) is 37.0 Å². The van der Waals surface area contributed by atoms with Gasteiger partial charge >= 0.3 is 6.09 Å². The van der Waals surface area contributed by atoms with Crippen molar-refractivity contribution in [3.05, 3.63) is 48.8 Å². The van der Waals surface area contributed by atoms with Gasteiger partial charge in [-0.3, -0.25) is 9.59 Å². The van der Waals surface area contributed by atoms with Crippen LogP contribution >= 0.6 is 0 Å². The number of carbonyl (C=O) groups is 3. The molecule has 2 aromatic rings. The van der Waals surface area contributed by atoms with Gasteiger partial charge in [0.15, 0.2) is 24.0 Å². The Morgan fingerprint density at radius 2 is 2.00 bits per heavy atom. The number of methoxy groups -OCH3 is 1. The highest BCUT2D eigenvalue weighted by Crippen LogP contribution is 2.42. The summed E-state index contributed by atoms with van der Waals surface area (Å²) in [5, 5.41) is 2.86. The Labute approximate surface area is 257 Å². The zero-order valence-electron chi connectivity index (χ0n) is 25.5. The van der Waals surface area contributed by atoms with Crippen LogP contribution in [0.15, 0.2) is 43.2 Å². The number of hydrogen-bond acceptors (Lipinski definition) is 8. The number of benzene rings is 1. The van der Waals surface area contributed by atoms with Gasteiger partial charge < -0.3 is 38.5 Å². The molecular weight excluding hydrogens is 568 g/mol. The van der Waals surface area contributed by atoms with Crippen molar-refractivity contribution in [2.45, 2.75) is 69.9 Å². The Balaban J connectivity index is 1.43. The summed E-state index contributed by atoms with van der Waals surface area (Å²) in [5.74, 6) is 0.326. The van der Waals surface area contributed by atoms with Crippen LogP contribution in [0.3, 0.4) is 0 Å². The second kappa shape index (κ2) is 14.6. The van der Waals surface area contributed by atoms with Crippen LogP contribution in [0.2, 0.25) is 0 Å². The highest BCUT2D eigenvalue weighted by molar-refractivity contribution is 6.06. The van der Waals surface area contributed by atoms with E-state index in [0.717, 1.165) is 31.4 Å². The molecule has 0 bridgehead atoms. The Morgan fingerprint density at radius 1 is 1.16 bits per heavy atom. The average molecular weight is 611 g/mol. The van der Waals surface area contributed by atoms with E-state index in [1.54, 1.807) is 17.0 Å². The van der Waals surface area contributed by atoms with Crippen LogP contribution in [-0.2, 0) is 26.1 Å². The van der Waals surface area contributed by atoms with Crippen LogP contribution in [0.5, 0.6) is 11.5 Å². The van der Waals surface area contributed by atoms with Crippen LogP contribution in [0.4, 0.5) is 16.2 Å². The monoisotopic (exact) mass is 610 g/mol. The number of fused-ring (bicyclic) bond motifs is 2. The predicted octanol–water partition coefficient (Wildman–Crippen LogP) is 4.84. The van der Waals surface area contributed by atoms with Crippen LogP contribution in [-0.4, -0.2) is 79.4 Å². The summed E-state index contributed by atoms with van der Waals surface area (Å²) < 4.78 is 31.6. The lowest BCUT2D eigenvalue weighted by Crippen LogP contribution is -2.57. The summed E-state index contributed by atoms with van der Waals surface area (Å²) in [6, 6.07) is 4.66. The summed E-state index contributed by atoms with van der Waals surface area (Å²) >= 11 is 0. The van der Waals surface area contributed by atoms with Crippen molar-refractivity contribution in [2.75, 3.05) is 43.7 Å². The maximum absolute atomic E-state index is 14.1. The SMILES string of the molecule is C=CCOC(=O)N1c2cc(OCCCC(=O)Nc3ccn(C)c3)c(OC)cc2C(=O)N2CCCC[C@H]2C1OC1CCCCO1. The molecule has 3 aliphatic rings. The number of aryl methyl sites for hydroxylation is 1. The molecule has 2 unspecified atom stereocenters. The fourth-order valence-electron chi connectivity index (χ4n) is 5.91. The molecule has 0 radical (unpaired) electrons. The van der Waals surface area contributed by atoms with Gasteiger partial charge in [0.1, 0.15) is 6.61 Å². The molecule has 2 fully saturated rings. The van der Waals surface area contributed by atoms with Crippen molar-refractivity contribution in [1.82, 2.24) is 9.47 Å². The van der Waals surface area contributed by atoms with Crippen LogP contribution in [0, 0.1) is 0 Å². The van der Waals surface area contributed by atoms with Gasteiger partial charge in [0.25, 0.3) is 5.91 Å². The van der Waals surface area contributed by atoms with Crippen molar-refractivity contribution in [2.24, 2.45) is 7.05 Å². The Morgan fingerprint density at radius 3 is 2.73 bits per heavy atom. The minimum Gasteiger partial charge on any atom is -0.493 e. The molecule has 3 aliphatic heterocycles. The average Bonchev–Trinajstić information content (AvgIpc) is 3.41. The van der Waals surface area contributed by atoms with Crippen molar-refractivity contribution in [1.29, 1.82) is 0 Å². The van der Waals surface area contributed by atoms with E-state index in [1.807, 2.05) is 30.1 Å².